The van der Waals surface area contributed by atoms with Gasteiger partial charge in [0.15, 0.2) is 0 Å². The van der Waals surface area contributed by atoms with Gasteiger partial charge in [0.05, 0.1) is 4.90 Å². The Morgan fingerprint density at radius 1 is 0.893 bits per heavy atom. The summed E-state index contributed by atoms with van der Waals surface area (Å²) in [5, 5.41) is 0. The summed E-state index contributed by atoms with van der Waals surface area (Å²) in [5.74, 6) is 1.29. The Bertz CT molecular complexity index is 796. The smallest absolute Gasteiger partial charge is 0.254 e. The molecular formula is C22H32N2O3S. The Hall–Kier alpha value is -1.40. The van der Waals surface area contributed by atoms with Crippen LogP contribution in [0.15, 0.2) is 29.2 Å². The van der Waals surface area contributed by atoms with Crippen molar-refractivity contribution < 1.29 is 13.2 Å². The second-order valence-corrected chi connectivity index (χ2v) is 10.8. The van der Waals surface area contributed by atoms with E-state index in [9.17, 15) is 13.2 Å². The quantitative estimate of drug-likeness (QED) is 0.768. The SMILES string of the molecule is CC1CCN(S(=O)(=O)c2ccc(C(=O)N3CCCC4CCCCC43)cc2)CC1. The first-order valence-corrected chi connectivity index (χ1v) is 12.3. The lowest BCUT2D eigenvalue weighted by Crippen LogP contribution is -2.49. The summed E-state index contributed by atoms with van der Waals surface area (Å²) in [5.41, 5.74) is 0.609. The molecule has 0 N–H and O–H groups in total. The number of sulfonamides is 1. The van der Waals surface area contributed by atoms with Gasteiger partial charge in [0.1, 0.15) is 0 Å². The minimum Gasteiger partial charge on any atom is -0.335 e. The van der Waals surface area contributed by atoms with E-state index in [-0.39, 0.29) is 5.91 Å². The van der Waals surface area contributed by atoms with E-state index >= 15 is 0 Å². The fraction of sp³-hybridized carbons (Fsp3) is 0.682. The fourth-order valence-corrected chi connectivity index (χ4v) is 6.66. The predicted octanol–water partition coefficient (Wildman–Crippen LogP) is 3.90. The minimum atomic E-state index is -3.46. The van der Waals surface area contributed by atoms with Crippen LogP contribution in [0.4, 0.5) is 0 Å². The molecule has 6 heteroatoms. The molecule has 0 aromatic heterocycles. The van der Waals surface area contributed by atoms with Crippen LogP contribution in [0.1, 0.15) is 68.6 Å². The summed E-state index contributed by atoms with van der Waals surface area (Å²) in [6.45, 7) is 4.16. The van der Waals surface area contributed by atoms with Gasteiger partial charge in [-0.1, -0.05) is 19.8 Å². The van der Waals surface area contributed by atoms with E-state index in [0.29, 0.717) is 41.4 Å². The lowest BCUT2D eigenvalue weighted by atomic mass is 9.78. The van der Waals surface area contributed by atoms with Gasteiger partial charge < -0.3 is 4.90 Å². The first-order valence-electron chi connectivity index (χ1n) is 10.9. The van der Waals surface area contributed by atoms with E-state index in [4.69, 9.17) is 0 Å². The number of nitrogens with zero attached hydrogens (tertiary/aromatic N) is 2. The first-order chi connectivity index (χ1) is 13.5. The number of hydrogen-bond acceptors (Lipinski definition) is 3. The van der Waals surface area contributed by atoms with E-state index in [2.05, 4.69) is 11.8 Å². The second kappa shape index (κ2) is 8.15. The zero-order valence-corrected chi connectivity index (χ0v) is 17.7. The van der Waals surface area contributed by atoms with Gasteiger partial charge in [0.25, 0.3) is 5.91 Å². The minimum absolute atomic E-state index is 0.0624. The molecule has 1 aliphatic carbocycles. The Balaban J connectivity index is 1.49. The van der Waals surface area contributed by atoms with Gasteiger partial charge in [0.2, 0.25) is 10.0 Å². The van der Waals surface area contributed by atoms with Crippen molar-refractivity contribution in [3.63, 3.8) is 0 Å². The maximum atomic E-state index is 13.1. The molecule has 3 fully saturated rings. The van der Waals surface area contributed by atoms with Crippen LogP contribution in [0, 0.1) is 11.8 Å². The monoisotopic (exact) mass is 404 g/mol. The van der Waals surface area contributed by atoms with Crippen LogP contribution in [0.3, 0.4) is 0 Å². The van der Waals surface area contributed by atoms with Gasteiger partial charge in [-0.25, -0.2) is 8.42 Å². The van der Waals surface area contributed by atoms with Gasteiger partial charge in [0, 0.05) is 31.2 Å². The number of likely N-dealkylation sites (tertiary alicyclic amines) is 1. The number of carbonyl (C=O) groups excluding carboxylic acids is 1. The van der Waals surface area contributed by atoms with Crippen molar-refractivity contribution in [3.8, 4) is 0 Å². The Labute approximate surface area is 169 Å². The van der Waals surface area contributed by atoms with Gasteiger partial charge in [-0.3, -0.25) is 4.79 Å². The number of amides is 1. The summed E-state index contributed by atoms with van der Waals surface area (Å²) in [6, 6.07) is 7.00. The molecule has 2 unspecified atom stereocenters. The molecule has 1 amide bonds. The molecule has 0 bridgehead atoms. The second-order valence-electron chi connectivity index (χ2n) is 8.86. The van der Waals surface area contributed by atoms with Crippen LogP contribution >= 0.6 is 0 Å². The van der Waals surface area contributed by atoms with Crippen LogP contribution in [-0.4, -0.2) is 49.2 Å². The highest BCUT2D eigenvalue weighted by atomic mass is 32.2. The Morgan fingerprint density at radius 3 is 2.25 bits per heavy atom. The predicted molar refractivity (Wildman–Crippen MR) is 110 cm³/mol. The third kappa shape index (κ3) is 3.86. The third-order valence-corrected chi connectivity index (χ3v) is 8.90. The number of rotatable bonds is 3. The molecule has 1 saturated carbocycles. The lowest BCUT2D eigenvalue weighted by molar-refractivity contribution is 0.0390. The maximum Gasteiger partial charge on any atom is 0.254 e. The highest BCUT2D eigenvalue weighted by molar-refractivity contribution is 7.89. The van der Waals surface area contributed by atoms with Gasteiger partial charge in [-0.2, -0.15) is 4.31 Å². The van der Waals surface area contributed by atoms with E-state index < -0.39 is 10.0 Å². The summed E-state index contributed by atoms with van der Waals surface area (Å²) in [6.07, 6.45) is 8.96. The third-order valence-electron chi connectivity index (χ3n) is 6.99. The van der Waals surface area contributed by atoms with Crippen molar-refractivity contribution >= 4 is 15.9 Å². The first kappa shape index (κ1) is 19.9. The van der Waals surface area contributed by atoms with Crippen molar-refractivity contribution in [2.45, 2.75) is 69.2 Å². The average Bonchev–Trinajstić information content (AvgIpc) is 2.73. The number of hydrogen-bond donors (Lipinski definition) is 0. The molecule has 3 aliphatic rings. The Kier molecular flexibility index (Phi) is 5.79. The summed E-state index contributed by atoms with van der Waals surface area (Å²) in [7, 11) is -3.46. The molecule has 28 heavy (non-hydrogen) atoms. The molecular weight excluding hydrogens is 372 g/mol. The van der Waals surface area contributed by atoms with Crippen molar-refractivity contribution in [2.75, 3.05) is 19.6 Å². The molecule has 1 aromatic carbocycles. The molecule has 5 nitrogen and oxygen atoms in total. The largest absolute Gasteiger partial charge is 0.335 e. The van der Waals surface area contributed by atoms with Crippen LogP contribution in [0.5, 0.6) is 0 Å². The molecule has 1 aromatic rings. The topological polar surface area (TPSA) is 57.7 Å². The van der Waals surface area contributed by atoms with Gasteiger partial charge >= 0.3 is 0 Å². The zero-order valence-electron chi connectivity index (χ0n) is 16.8. The van der Waals surface area contributed by atoms with Crippen LogP contribution < -0.4 is 0 Å². The normalized spacial score (nSPS) is 27.4. The zero-order chi connectivity index (χ0) is 19.7. The maximum absolute atomic E-state index is 13.1. The standard InChI is InChI=1S/C22H32N2O3S/c1-17-12-15-23(16-13-17)28(26,27)20-10-8-19(9-11-20)22(25)24-14-4-6-18-5-2-3-7-21(18)24/h8-11,17-18,21H,2-7,12-16H2,1H3. The van der Waals surface area contributed by atoms with E-state index in [1.807, 2.05) is 0 Å². The summed E-state index contributed by atoms with van der Waals surface area (Å²) >= 11 is 0. The molecule has 4 rings (SSSR count). The molecule has 2 atom stereocenters. The number of benzene rings is 1. The highest BCUT2D eigenvalue weighted by Gasteiger charge is 2.36. The van der Waals surface area contributed by atoms with E-state index in [1.165, 1.54) is 25.7 Å². The molecule has 154 valence electrons. The van der Waals surface area contributed by atoms with E-state index in [1.54, 1.807) is 28.6 Å². The van der Waals surface area contributed by atoms with Crippen molar-refractivity contribution in [3.05, 3.63) is 29.8 Å². The number of fused-ring (bicyclic) bond motifs is 1. The molecule has 2 saturated heterocycles. The molecule has 0 radical (unpaired) electrons. The van der Waals surface area contributed by atoms with Crippen molar-refractivity contribution in [2.24, 2.45) is 11.8 Å². The van der Waals surface area contributed by atoms with Gasteiger partial charge in [-0.15, -0.1) is 0 Å². The average molecular weight is 405 g/mol. The number of carbonyl (C=O) groups is 1. The number of piperidine rings is 2. The molecule has 2 heterocycles. The van der Waals surface area contributed by atoms with Gasteiger partial charge in [-0.05, 0) is 74.6 Å². The lowest BCUT2D eigenvalue weighted by Gasteiger charge is -2.44. The molecule has 2 aliphatic heterocycles. The van der Waals surface area contributed by atoms with Crippen molar-refractivity contribution in [1.82, 2.24) is 9.21 Å². The van der Waals surface area contributed by atoms with Crippen molar-refractivity contribution in [1.29, 1.82) is 0 Å². The van der Waals surface area contributed by atoms with E-state index in [0.717, 1.165) is 32.2 Å². The highest BCUT2D eigenvalue weighted by Crippen LogP contribution is 2.36. The van der Waals surface area contributed by atoms with Crippen LogP contribution in [0.2, 0.25) is 0 Å². The summed E-state index contributed by atoms with van der Waals surface area (Å²) < 4.78 is 27.4. The summed E-state index contributed by atoms with van der Waals surface area (Å²) in [4.78, 5) is 15.5. The fourth-order valence-electron chi connectivity index (χ4n) is 5.19. The Morgan fingerprint density at radius 2 is 1.54 bits per heavy atom. The van der Waals surface area contributed by atoms with Crippen LogP contribution in [-0.2, 0) is 10.0 Å². The molecule has 0 spiro atoms. The van der Waals surface area contributed by atoms with Crippen LogP contribution in [0.25, 0.3) is 0 Å².